The second-order valence-corrected chi connectivity index (χ2v) is 8.35. The van der Waals surface area contributed by atoms with Gasteiger partial charge in [0.2, 0.25) is 5.91 Å². The van der Waals surface area contributed by atoms with Gasteiger partial charge < -0.3 is 5.32 Å². The summed E-state index contributed by atoms with van der Waals surface area (Å²) in [6, 6.07) is 16.7. The Morgan fingerprint density at radius 3 is 2.31 bits per heavy atom. The molecule has 1 atom stereocenters. The molecular weight excluding hydrogens is 380 g/mol. The van der Waals surface area contributed by atoms with Crippen molar-refractivity contribution in [3.05, 3.63) is 71.5 Å². The van der Waals surface area contributed by atoms with Crippen molar-refractivity contribution in [1.29, 1.82) is 0 Å². The Morgan fingerprint density at radius 2 is 1.69 bits per heavy atom. The van der Waals surface area contributed by atoms with Crippen molar-refractivity contribution in [3.63, 3.8) is 0 Å². The third kappa shape index (κ3) is 5.48. The Balaban J connectivity index is 1.58. The van der Waals surface area contributed by atoms with E-state index in [-0.39, 0.29) is 11.9 Å². The molecule has 0 aliphatic carbocycles. The molecule has 1 unspecified atom stereocenters. The minimum atomic E-state index is -0.0320. The number of aryl methyl sites for hydroxylation is 1. The van der Waals surface area contributed by atoms with Gasteiger partial charge in [0.15, 0.2) is 5.16 Å². The largest absolute Gasteiger partial charge is 0.349 e. The van der Waals surface area contributed by atoms with Crippen LogP contribution >= 0.6 is 11.8 Å². The molecule has 29 heavy (non-hydrogen) atoms. The van der Waals surface area contributed by atoms with E-state index in [1.54, 1.807) is 6.33 Å². The molecular formula is C23H28N4OS. The molecule has 3 rings (SSSR count). The summed E-state index contributed by atoms with van der Waals surface area (Å²) >= 11 is 1.39. The number of thioether (sulfide) groups is 1. The zero-order chi connectivity index (χ0) is 20.8. The number of aromatic nitrogens is 3. The third-order valence-electron chi connectivity index (χ3n) is 4.95. The molecule has 1 amide bonds. The fourth-order valence-corrected chi connectivity index (χ4v) is 3.80. The van der Waals surface area contributed by atoms with Crippen LogP contribution in [0.5, 0.6) is 0 Å². The Labute approximate surface area is 176 Å². The third-order valence-corrected chi connectivity index (χ3v) is 5.90. The zero-order valence-electron chi connectivity index (χ0n) is 17.4. The van der Waals surface area contributed by atoms with Gasteiger partial charge in [0.25, 0.3) is 0 Å². The highest BCUT2D eigenvalue weighted by atomic mass is 32.2. The number of benzene rings is 2. The van der Waals surface area contributed by atoms with E-state index in [0.29, 0.717) is 16.8 Å². The lowest BCUT2D eigenvalue weighted by Crippen LogP contribution is -2.28. The van der Waals surface area contributed by atoms with E-state index in [1.165, 1.54) is 22.9 Å². The van der Waals surface area contributed by atoms with Crippen molar-refractivity contribution in [2.24, 2.45) is 0 Å². The first-order valence-electron chi connectivity index (χ1n) is 9.99. The van der Waals surface area contributed by atoms with Crippen LogP contribution in [0.1, 0.15) is 56.3 Å². The maximum atomic E-state index is 12.4. The van der Waals surface area contributed by atoms with E-state index in [4.69, 9.17) is 0 Å². The van der Waals surface area contributed by atoms with Crippen LogP contribution in [0.2, 0.25) is 0 Å². The lowest BCUT2D eigenvalue weighted by atomic mass is 10.0. The number of amides is 1. The van der Waals surface area contributed by atoms with E-state index in [2.05, 4.69) is 84.8 Å². The number of nitrogens with one attached hydrogen (secondary N) is 1. The molecule has 6 heteroatoms. The Morgan fingerprint density at radius 1 is 1.03 bits per heavy atom. The Kier molecular flexibility index (Phi) is 7.09. The Hall–Kier alpha value is -2.60. The second-order valence-electron chi connectivity index (χ2n) is 7.40. The molecule has 1 heterocycles. The van der Waals surface area contributed by atoms with Gasteiger partial charge in [0.1, 0.15) is 6.33 Å². The van der Waals surface area contributed by atoms with Crippen LogP contribution in [0.4, 0.5) is 0 Å². The molecule has 0 spiro atoms. The van der Waals surface area contributed by atoms with E-state index >= 15 is 0 Å². The van der Waals surface area contributed by atoms with E-state index in [9.17, 15) is 4.79 Å². The number of carbonyl (C=O) groups excluding carboxylic acids is 1. The average molecular weight is 409 g/mol. The maximum absolute atomic E-state index is 12.4. The molecule has 0 fully saturated rings. The van der Waals surface area contributed by atoms with Gasteiger partial charge in [-0.15, -0.1) is 10.2 Å². The Bertz CT molecular complexity index is 932. The van der Waals surface area contributed by atoms with Gasteiger partial charge in [-0.3, -0.25) is 9.36 Å². The molecule has 5 nitrogen and oxygen atoms in total. The smallest absolute Gasteiger partial charge is 0.230 e. The van der Waals surface area contributed by atoms with Crippen molar-refractivity contribution in [3.8, 4) is 5.69 Å². The van der Waals surface area contributed by atoms with Crippen LogP contribution < -0.4 is 5.32 Å². The minimum Gasteiger partial charge on any atom is -0.349 e. The van der Waals surface area contributed by atoms with Gasteiger partial charge >= 0.3 is 0 Å². The van der Waals surface area contributed by atoms with Crippen LogP contribution in [0, 0.1) is 0 Å². The van der Waals surface area contributed by atoms with Crippen LogP contribution in [-0.4, -0.2) is 26.4 Å². The molecule has 3 aromatic rings. The van der Waals surface area contributed by atoms with E-state index in [1.807, 2.05) is 11.5 Å². The summed E-state index contributed by atoms with van der Waals surface area (Å²) < 4.78 is 1.91. The molecule has 0 bridgehead atoms. The van der Waals surface area contributed by atoms with Crippen molar-refractivity contribution < 1.29 is 4.79 Å². The lowest BCUT2D eigenvalue weighted by molar-refractivity contribution is -0.119. The zero-order valence-corrected chi connectivity index (χ0v) is 18.2. The predicted octanol–water partition coefficient (Wildman–Crippen LogP) is 4.92. The summed E-state index contributed by atoms with van der Waals surface area (Å²) in [6.07, 6.45) is 2.70. The molecule has 0 saturated carbocycles. The van der Waals surface area contributed by atoms with Gasteiger partial charge in [-0.2, -0.15) is 0 Å². The monoisotopic (exact) mass is 408 g/mol. The first-order chi connectivity index (χ1) is 14.0. The van der Waals surface area contributed by atoms with Gasteiger partial charge in [-0.05, 0) is 48.1 Å². The quantitative estimate of drug-likeness (QED) is 0.537. The van der Waals surface area contributed by atoms with Crippen LogP contribution in [0.3, 0.4) is 0 Å². The lowest BCUT2D eigenvalue weighted by Gasteiger charge is -2.15. The first-order valence-corrected chi connectivity index (χ1v) is 11.0. The topological polar surface area (TPSA) is 59.8 Å². The number of hydrogen-bond acceptors (Lipinski definition) is 4. The predicted molar refractivity (Wildman–Crippen MR) is 119 cm³/mol. The van der Waals surface area contributed by atoms with E-state index < -0.39 is 0 Å². The molecule has 2 aromatic carbocycles. The van der Waals surface area contributed by atoms with Crippen molar-refractivity contribution in [1.82, 2.24) is 20.1 Å². The summed E-state index contributed by atoms with van der Waals surface area (Å²) in [7, 11) is 0. The minimum absolute atomic E-state index is 0.0215. The van der Waals surface area contributed by atoms with Crippen LogP contribution in [-0.2, 0) is 11.2 Å². The number of hydrogen-bond donors (Lipinski definition) is 1. The standard InChI is InChI=1S/C23H28N4OS/c1-5-18-6-8-20(9-7-18)17(4)25-22(28)14-29-23-26-24-15-27(23)21-12-10-19(11-13-21)16(2)3/h6-13,15-17H,5,14H2,1-4H3,(H,25,28). The summed E-state index contributed by atoms with van der Waals surface area (Å²) in [6.45, 7) is 8.48. The van der Waals surface area contributed by atoms with Gasteiger partial charge in [-0.1, -0.05) is 68.9 Å². The molecule has 0 aliphatic rings. The van der Waals surface area contributed by atoms with Crippen molar-refractivity contribution in [2.45, 2.75) is 51.2 Å². The summed E-state index contributed by atoms with van der Waals surface area (Å²) in [4.78, 5) is 12.4. The van der Waals surface area contributed by atoms with Gasteiger partial charge in [0.05, 0.1) is 11.8 Å². The van der Waals surface area contributed by atoms with Gasteiger partial charge in [0, 0.05) is 5.69 Å². The highest BCUT2D eigenvalue weighted by molar-refractivity contribution is 7.99. The maximum Gasteiger partial charge on any atom is 0.230 e. The number of carbonyl (C=O) groups is 1. The number of nitrogens with zero attached hydrogens (tertiary/aromatic N) is 3. The highest BCUT2D eigenvalue weighted by Gasteiger charge is 2.13. The fraction of sp³-hybridized carbons (Fsp3) is 0.348. The first kappa shape index (κ1) is 21.1. The fourth-order valence-electron chi connectivity index (χ4n) is 3.06. The second kappa shape index (κ2) is 9.74. The molecule has 1 N–H and O–H groups in total. The summed E-state index contributed by atoms with van der Waals surface area (Å²) in [5, 5.41) is 12.0. The van der Waals surface area contributed by atoms with Crippen LogP contribution in [0.15, 0.2) is 60.0 Å². The normalized spacial score (nSPS) is 12.2. The molecule has 0 aliphatic heterocycles. The number of rotatable bonds is 8. The highest BCUT2D eigenvalue weighted by Crippen LogP contribution is 2.22. The molecule has 0 saturated heterocycles. The molecule has 152 valence electrons. The van der Waals surface area contributed by atoms with Crippen molar-refractivity contribution >= 4 is 17.7 Å². The summed E-state index contributed by atoms with van der Waals surface area (Å²) in [5.74, 6) is 0.759. The van der Waals surface area contributed by atoms with Crippen molar-refractivity contribution in [2.75, 3.05) is 5.75 Å². The average Bonchev–Trinajstić information content (AvgIpc) is 3.21. The summed E-state index contributed by atoms with van der Waals surface area (Å²) in [5.41, 5.74) is 4.68. The molecule has 1 aromatic heterocycles. The van der Waals surface area contributed by atoms with Gasteiger partial charge in [-0.25, -0.2) is 0 Å². The van der Waals surface area contributed by atoms with E-state index in [0.717, 1.165) is 17.7 Å². The molecule has 0 radical (unpaired) electrons. The van der Waals surface area contributed by atoms with Crippen LogP contribution in [0.25, 0.3) is 5.69 Å². The SMILES string of the molecule is CCc1ccc(C(C)NC(=O)CSc2nncn2-c2ccc(C(C)C)cc2)cc1.